The van der Waals surface area contributed by atoms with E-state index in [0.717, 1.165) is 12.8 Å². The Morgan fingerprint density at radius 2 is 2.22 bits per heavy atom. The molecule has 0 heterocycles. The molecule has 0 saturated heterocycles. The molecule has 6 nitrogen and oxygen atoms in total. The van der Waals surface area contributed by atoms with Gasteiger partial charge in [0.25, 0.3) is 5.69 Å². The highest BCUT2D eigenvalue weighted by Gasteiger charge is 2.32. The molecule has 0 radical (unpaired) electrons. The highest BCUT2D eigenvalue weighted by Crippen LogP contribution is 2.37. The van der Waals surface area contributed by atoms with Crippen LogP contribution >= 0.6 is 0 Å². The molecule has 96 valence electrons. The number of aromatic carboxylic acids is 1. The Labute approximate surface area is 104 Å². The second-order valence-corrected chi connectivity index (χ2v) is 4.28. The van der Waals surface area contributed by atoms with E-state index in [1.165, 1.54) is 18.2 Å². The zero-order valence-electron chi connectivity index (χ0n) is 10.00. The molecule has 0 atom stereocenters. The molecule has 6 heteroatoms. The Morgan fingerprint density at radius 1 is 1.56 bits per heavy atom. The van der Waals surface area contributed by atoms with Crippen molar-refractivity contribution < 1.29 is 14.8 Å². The van der Waals surface area contributed by atoms with Crippen LogP contribution in [0.25, 0.3) is 0 Å². The number of nitro benzene ring substituents is 1. The SMILES string of the molecule is CCN(c1cc(C(=O)O)ccc1[N+](=O)[O-])C1CC1. The van der Waals surface area contributed by atoms with Crippen molar-refractivity contribution in [1.29, 1.82) is 0 Å². The highest BCUT2D eigenvalue weighted by atomic mass is 16.6. The third-order valence-electron chi connectivity index (χ3n) is 3.06. The summed E-state index contributed by atoms with van der Waals surface area (Å²) in [5, 5.41) is 20.0. The van der Waals surface area contributed by atoms with Gasteiger partial charge in [0, 0.05) is 18.7 Å². The smallest absolute Gasteiger partial charge is 0.335 e. The number of carbonyl (C=O) groups is 1. The second kappa shape index (κ2) is 4.64. The molecule has 0 aliphatic heterocycles. The fraction of sp³-hybridized carbons (Fsp3) is 0.417. The standard InChI is InChI=1S/C12H14N2O4/c1-2-13(9-4-5-9)11-7-8(12(15)16)3-6-10(11)14(17)18/h3,6-7,9H,2,4-5H2,1H3,(H,15,16). The Kier molecular flexibility index (Phi) is 3.18. The van der Waals surface area contributed by atoms with E-state index < -0.39 is 10.9 Å². The Hall–Kier alpha value is -2.11. The summed E-state index contributed by atoms with van der Waals surface area (Å²) in [6.07, 6.45) is 2.00. The lowest BCUT2D eigenvalue weighted by Gasteiger charge is -2.22. The van der Waals surface area contributed by atoms with Crippen molar-refractivity contribution in [2.75, 3.05) is 11.4 Å². The fourth-order valence-corrected chi connectivity index (χ4v) is 2.05. The summed E-state index contributed by atoms with van der Waals surface area (Å²) < 4.78 is 0. The number of hydrogen-bond acceptors (Lipinski definition) is 4. The van der Waals surface area contributed by atoms with Crippen molar-refractivity contribution in [3.63, 3.8) is 0 Å². The molecule has 1 N–H and O–H groups in total. The number of hydrogen-bond donors (Lipinski definition) is 1. The van der Waals surface area contributed by atoms with Crippen LogP contribution in [0.2, 0.25) is 0 Å². The van der Waals surface area contributed by atoms with Gasteiger partial charge in [-0.2, -0.15) is 0 Å². The fourth-order valence-electron chi connectivity index (χ4n) is 2.05. The highest BCUT2D eigenvalue weighted by molar-refractivity contribution is 5.90. The van der Waals surface area contributed by atoms with Crippen molar-refractivity contribution in [2.24, 2.45) is 0 Å². The molecular formula is C12H14N2O4. The predicted octanol–water partition coefficient (Wildman–Crippen LogP) is 2.28. The molecule has 1 aromatic carbocycles. The molecule has 2 rings (SSSR count). The minimum atomic E-state index is -1.07. The van der Waals surface area contributed by atoms with E-state index in [9.17, 15) is 14.9 Å². The average molecular weight is 250 g/mol. The van der Waals surface area contributed by atoms with Crippen LogP contribution in [0.15, 0.2) is 18.2 Å². The number of nitrogens with zero attached hydrogens (tertiary/aromatic N) is 2. The van der Waals surface area contributed by atoms with Gasteiger partial charge < -0.3 is 10.0 Å². The van der Waals surface area contributed by atoms with Crippen LogP contribution in [0.5, 0.6) is 0 Å². The first-order valence-electron chi connectivity index (χ1n) is 5.83. The number of rotatable bonds is 5. The molecule has 1 aliphatic rings. The quantitative estimate of drug-likeness (QED) is 0.640. The maximum Gasteiger partial charge on any atom is 0.335 e. The van der Waals surface area contributed by atoms with Crippen molar-refractivity contribution in [1.82, 2.24) is 0 Å². The van der Waals surface area contributed by atoms with Crippen LogP contribution in [-0.2, 0) is 0 Å². The second-order valence-electron chi connectivity index (χ2n) is 4.28. The maximum atomic E-state index is 11.0. The van der Waals surface area contributed by atoms with Crippen LogP contribution in [0.3, 0.4) is 0 Å². The van der Waals surface area contributed by atoms with E-state index in [2.05, 4.69) is 0 Å². The molecule has 18 heavy (non-hydrogen) atoms. The molecule has 1 aliphatic carbocycles. The average Bonchev–Trinajstić information content (AvgIpc) is 3.14. The molecule has 1 saturated carbocycles. The lowest BCUT2D eigenvalue weighted by atomic mass is 10.1. The zero-order chi connectivity index (χ0) is 13.3. The van der Waals surface area contributed by atoms with E-state index in [1.54, 1.807) is 0 Å². The molecule has 0 aromatic heterocycles. The third kappa shape index (κ3) is 2.27. The Morgan fingerprint density at radius 3 is 2.67 bits per heavy atom. The third-order valence-corrected chi connectivity index (χ3v) is 3.06. The first kappa shape index (κ1) is 12.3. The minimum Gasteiger partial charge on any atom is -0.478 e. The van der Waals surface area contributed by atoms with Gasteiger partial charge in [-0.1, -0.05) is 0 Å². The molecule has 0 unspecified atom stereocenters. The number of anilines is 1. The normalized spacial score (nSPS) is 14.3. The molecule has 1 aromatic rings. The van der Waals surface area contributed by atoms with Crippen molar-refractivity contribution >= 4 is 17.3 Å². The van der Waals surface area contributed by atoms with E-state index in [4.69, 9.17) is 5.11 Å². The van der Waals surface area contributed by atoms with Crippen LogP contribution in [0, 0.1) is 10.1 Å². The summed E-state index contributed by atoms with van der Waals surface area (Å²) in [5.41, 5.74) is 0.452. The lowest BCUT2D eigenvalue weighted by molar-refractivity contribution is -0.384. The van der Waals surface area contributed by atoms with Gasteiger partial charge in [0.15, 0.2) is 0 Å². The molecule has 0 spiro atoms. The predicted molar refractivity (Wildman–Crippen MR) is 66.1 cm³/mol. The first-order valence-corrected chi connectivity index (χ1v) is 5.83. The van der Waals surface area contributed by atoms with Gasteiger partial charge in [-0.3, -0.25) is 10.1 Å². The van der Waals surface area contributed by atoms with E-state index >= 15 is 0 Å². The van der Waals surface area contributed by atoms with Crippen molar-refractivity contribution in [3.05, 3.63) is 33.9 Å². The topological polar surface area (TPSA) is 83.7 Å². The summed E-state index contributed by atoms with van der Waals surface area (Å²) in [5.74, 6) is -1.07. The molecule has 0 bridgehead atoms. The van der Waals surface area contributed by atoms with E-state index in [0.29, 0.717) is 18.3 Å². The number of carboxylic acids is 1. The Bertz CT molecular complexity index is 497. The monoisotopic (exact) mass is 250 g/mol. The van der Waals surface area contributed by atoms with Gasteiger partial charge in [0.1, 0.15) is 5.69 Å². The molecule has 1 fully saturated rings. The van der Waals surface area contributed by atoms with Gasteiger partial charge in [0.2, 0.25) is 0 Å². The maximum absolute atomic E-state index is 11.0. The summed E-state index contributed by atoms with van der Waals surface area (Å²) in [6.45, 7) is 2.55. The minimum absolute atomic E-state index is 0.0336. The lowest BCUT2D eigenvalue weighted by Crippen LogP contribution is -2.26. The molecular weight excluding hydrogens is 236 g/mol. The van der Waals surface area contributed by atoms with Crippen LogP contribution in [-0.4, -0.2) is 28.6 Å². The summed E-state index contributed by atoms with van der Waals surface area (Å²) >= 11 is 0. The summed E-state index contributed by atoms with van der Waals surface area (Å²) in [4.78, 5) is 23.4. The zero-order valence-corrected chi connectivity index (χ0v) is 10.00. The number of carboxylic acid groups (broad SMARTS) is 1. The first-order chi connectivity index (χ1) is 8.54. The van der Waals surface area contributed by atoms with Gasteiger partial charge >= 0.3 is 5.97 Å². The number of nitro groups is 1. The van der Waals surface area contributed by atoms with E-state index in [1.807, 2.05) is 11.8 Å². The van der Waals surface area contributed by atoms with Gasteiger partial charge in [-0.25, -0.2) is 4.79 Å². The van der Waals surface area contributed by atoms with E-state index in [-0.39, 0.29) is 11.3 Å². The van der Waals surface area contributed by atoms with Crippen molar-refractivity contribution in [2.45, 2.75) is 25.8 Å². The van der Waals surface area contributed by atoms with Crippen LogP contribution in [0.1, 0.15) is 30.1 Å². The van der Waals surface area contributed by atoms with Gasteiger partial charge in [-0.15, -0.1) is 0 Å². The summed E-state index contributed by atoms with van der Waals surface area (Å²) in [7, 11) is 0. The van der Waals surface area contributed by atoms with Gasteiger partial charge in [-0.05, 0) is 31.9 Å². The largest absolute Gasteiger partial charge is 0.478 e. The van der Waals surface area contributed by atoms with Crippen molar-refractivity contribution in [3.8, 4) is 0 Å². The van der Waals surface area contributed by atoms with Crippen LogP contribution in [0.4, 0.5) is 11.4 Å². The Balaban J connectivity index is 2.48. The van der Waals surface area contributed by atoms with Gasteiger partial charge in [0.05, 0.1) is 10.5 Å². The number of benzene rings is 1. The van der Waals surface area contributed by atoms with Crippen LogP contribution < -0.4 is 4.90 Å². The molecule has 0 amide bonds. The summed E-state index contributed by atoms with van der Waals surface area (Å²) in [6, 6.07) is 4.23.